The van der Waals surface area contributed by atoms with Crippen molar-refractivity contribution in [2.75, 3.05) is 0 Å². The summed E-state index contributed by atoms with van der Waals surface area (Å²) in [6.45, 7) is 1.99. The van der Waals surface area contributed by atoms with E-state index in [0.29, 0.717) is 5.02 Å². The van der Waals surface area contributed by atoms with E-state index >= 15 is 0 Å². The molecule has 2 rings (SSSR count). The van der Waals surface area contributed by atoms with Crippen LogP contribution < -0.4 is 0 Å². The summed E-state index contributed by atoms with van der Waals surface area (Å²) in [7, 11) is 0. The molecule has 1 aliphatic rings. The van der Waals surface area contributed by atoms with Gasteiger partial charge in [0, 0.05) is 5.02 Å². The maximum Gasteiger partial charge on any atom is 0.0899 e. The Morgan fingerprint density at radius 3 is 2.50 bits per heavy atom. The Balaban J connectivity index is 2.44. The third-order valence-corrected chi connectivity index (χ3v) is 2.52. The van der Waals surface area contributed by atoms with Crippen LogP contribution in [0.5, 0.6) is 0 Å². The minimum absolute atomic E-state index is 0.560. The van der Waals surface area contributed by atoms with Crippen LogP contribution in [0.2, 0.25) is 5.02 Å². The van der Waals surface area contributed by atoms with Gasteiger partial charge >= 0.3 is 0 Å². The predicted molar refractivity (Wildman–Crippen MR) is 49.3 cm³/mol. The molecule has 1 fully saturated rings. The highest BCUT2D eigenvalue weighted by atomic mass is 35.5. The summed E-state index contributed by atoms with van der Waals surface area (Å²) in [4.78, 5) is 0. The van der Waals surface area contributed by atoms with Gasteiger partial charge in [-0.1, -0.05) is 17.7 Å². The van der Waals surface area contributed by atoms with E-state index in [1.54, 1.807) is 0 Å². The normalized spacial score (nSPS) is 19.2. The van der Waals surface area contributed by atoms with Crippen LogP contribution in [0.15, 0.2) is 18.2 Å². The fraction of sp³-hybridized carbons (Fsp3) is 0.400. The summed E-state index contributed by atoms with van der Waals surface area (Å²) in [6, 6.07) is 5.75. The molecule has 0 aromatic heterocycles. The summed E-state index contributed by atoms with van der Waals surface area (Å²) >= 11 is 5.87. The summed E-state index contributed by atoms with van der Waals surface area (Å²) in [5.74, 6) is 0. The zero-order valence-corrected chi connectivity index (χ0v) is 7.73. The van der Waals surface area contributed by atoms with E-state index in [1.807, 2.05) is 25.1 Å². The average Bonchev–Trinajstić information content (AvgIpc) is 2.67. The van der Waals surface area contributed by atoms with Gasteiger partial charge in [0.2, 0.25) is 0 Å². The second kappa shape index (κ2) is 2.48. The number of benzene rings is 1. The molecule has 0 bridgehead atoms. The molecule has 1 aliphatic carbocycles. The van der Waals surface area contributed by atoms with Crippen LogP contribution in [0.25, 0.3) is 0 Å². The van der Waals surface area contributed by atoms with Crippen molar-refractivity contribution in [3.8, 4) is 0 Å². The molecule has 2 heteroatoms. The molecular weight excluding hydrogens is 172 g/mol. The molecule has 0 amide bonds. The van der Waals surface area contributed by atoms with E-state index in [-0.39, 0.29) is 0 Å². The molecule has 1 N–H and O–H groups in total. The highest BCUT2D eigenvalue weighted by Gasteiger charge is 2.42. The Morgan fingerprint density at radius 2 is 2.00 bits per heavy atom. The average molecular weight is 183 g/mol. The maximum atomic E-state index is 9.79. The standard InChI is InChI=1S/C10H11ClO/c1-7-4-8(6-9(11)5-7)10(12)2-3-10/h4-6,12H,2-3H2,1H3. The van der Waals surface area contributed by atoms with E-state index in [9.17, 15) is 5.11 Å². The summed E-state index contributed by atoms with van der Waals surface area (Å²) in [6.07, 6.45) is 1.74. The molecule has 64 valence electrons. The van der Waals surface area contributed by atoms with Gasteiger partial charge < -0.3 is 5.11 Å². The van der Waals surface area contributed by atoms with Crippen LogP contribution >= 0.6 is 11.6 Å². The van der Waals surface area contributed by atoms with Gasteiger partial charge in [-0.25, -0.2) is 0 Å². The lowest BCUT2D eigenvalue weighted by Gasteiger charge is -2.09. The minimum atomic E-state index is -0.560. The molecule has 1 aromatic rings. The van der Waals surface area contributed by atoms with Crippen molar-refractivity contribution < 1.29 is 5.11 Å². The number of hydrogen-bond donors (Lipinski definition) is 1. The van der Waals surface area contributed by atoms with Gasteiger partial charge in [0.15, 0.2) is 0 Å². The van der Waals surface area contributed by atoms with Crippen LogP contribution in [-0.4, -0.2) is 5.11 Å². The first kappa shape index (κ1) is 8.09. The third-order valence-electron chi connectivity index (χ3n) is 2.30. The van der Waals surface area contributed by atoms with Crippen molar-refractivity contribution in [3.05, 3.63) is 34.3 Å². The SMILES string of the molecule is Cc1cc(Cl)cc(C2(O)CC2)c1. The number of aliphatic hydroxyl groups is 1. The molecule has 0 atom stereocenters. The van der Waals surface area contributed by atoms with Gasteiger partial charge in [-0.15, -0.1) is 0 Å². The van der Waals surface area contributed by atoms with E-state index in [2.05, 4.69) is 0 Å². The van der Waals surface area contributed by atoms with Gasteiger partial charge in [0.1, 0.15) is 0 Å². The summed E-state index contributed by atoms with van der Waals surface area (Å²) in [5, 5.41) is 10.5. The van der Waals surface area contributed by atoms with Crippen molar-refractivity contribution in [2.24, 2.45) is 0 Å². The Morgan fingerprint density at radius 1 is 1.33 bits per heavy atom. The van der Waals surface area contributed by atoms with E-state index in [1.165, 1.54) is 0 Å². The number of aryl methyl sites for hydroxylation is 1. The van der Waals surface area contributed by atoms with Crippen molar-refractivity contribution in [1.82, 2.24) is 0 Å². The second-order valence-corrected chi connectivity index (χ2v) is 3.99. The van der Waals surface area contributed by atoms with E-state index < -0.39 is 5.60 Å². The first-order chi connectivity index (χ1) is 5.60. The Hall–Kier alpha value is -0.530. The van der Waals surface area contributed by atoms with Gasteiger partial charge in [0.25, 0.3) is 0 Å². The number of rotatable bonds is 1. The zero-order valence-electron chi connectivity index (χ0n) is 6.97. The van der Waals surface area contributed by atoms with Crippen molar-refractivity contribution in [1.29, 1.82) is 0 Å². The Bertz CT molecular complexity index is 295. The first-order valence-electron chi connectivity index (χ1n) is 4.10. The van der Waals surface area contributed by atoms with Crippen LogP contribution in [-0.2, 0) is 5.60 Å². The Kier molecular flexibility index (Phi) is 1.67. The molecule has 1 saturated carbocycles. The molecule has 1 aromatic carbocycles. The van der Waals surface area contributed by atoms with E-state index in [4.69, 9.17) is 11.6 Å². The maximum absolute atomic E-state index is 9.79. The third kappa shape index (κ3) is 1.35. The second-order valence-electron chi connectivity index (χ2n) is 3.55. The molecule has 0 saturated heterocycles. The number of hydrogen-bond acceptors (Lipinski definition) is 1. The fourth-order valence-electron chi connectivity index (χ4n) is 1.41. The van der Waals surface area contributed by atoms with Crippen LogP contribution in [0.1, 0.15) is 24.0 Å². The lowest BCUT2D eigenvalue weighted by atomic mass is 10.1. The topological polar surface area (TPSA) is 20.2 Å². The van der Waals surface area contributed by atoms with Crippen LogP contribution in [0.4, 0.5) is 0 Å². The molecule has 0 heterocycles. The molecule has 0 spiro atoms. The molecule has 1 nitrogen and oxygen atoms in total. The lowest BCUT2D eigenvalue weighted by Crippen LogP contribution is -2.03. The van der Waals surface area contributed by atoms with Gasteiger partial charge in [-0.3, -0.25) is 0 Å². The largest absolute Gasteiger partial charge is 0.385 e. The highest BCUT2D eigenvalue weighted by molar-refractivity contribution is 6.30. The smallest absolute Gasteiger partial charge is 0.0899 e. The van der Waals surface area contributed by atoms with Gasteiger partial charge in [0.05, 0.1) is 5.60 Å². The quantitative estimate of drug-likeness (QED) is 0.708. The van der Waals surface area contributed by atoms with Gasteiger partial charge in [-0.05, 0) is 43.0 Å². The molecule has 0 unspecified atom stereocenters. The Labute approximate surface area is 77.0 Å². The van der Waals surface area contributed by atoms with E-state index in [0.717, 1.165) is 24.0 Å². The molecule has 12 heavy (non-hydrogen) atoms. The zero-order chi connectivity index (χ0) is 8.77. The van der Waals surface area contributed by atoms with Gasteiger partial charge in [-0.2, -0.15) is 0 Å². The summed E-state index contributed by atoms with van der Waals surface area (Å²) in [5.41, 5.74) is 1.51. The van der Waals surface area contributed by atoms with Crippen LogP contribution in [0, 0.1) is 6.92 Å². The first-order valence-corrected chi connectivity index (χ1v) is 4.48. The minimum Gasteiger partial charge on any atom is -0.385 e. The molecule has 0 aliphatic heterocycles. The van der Waals surface area contributed by atoms with Crippen molar-refractivity contribution >= 4 is 11.6 Å². The summed E-state index contributed by atoms with van der Waals surface area (Å²) < 4.78 is 0. The van der Waals surface area contributed by atoms with Crippen molar-refractivity contribution in [2.45, 2.75) is 25.4 Å². The number of halogens is 1. The van der Waals surface area contributed by atoms with Crippen LogP contribution in [0.3, 0.4) is 0 Å². The monoisotopic (exact) mass is 182 g/mol. The molecule has 0 radical (unpaired) electrons. The van der Waals surface area contributed by atoms with Crippen molar-refractivity contribution in [3.63, 3.8) is 0 Å². The highest BCUT2D eigenvalue weighted by Crippen LogP contribution is 2.45. The predicted octanol–water partition coefficient (Wildman–Crippen LogP) is 2.63. The molecular formula is C10H11ClO. The lowest BCUT2D eigenvalue weighted by molar-refractivity contribution is 0.151. The fourth-order valence-corrected chi connectivity index (χ4v) is 1.70.